The maximum Gasteiger partial charge on any atom is 0.268 e. The summed E-state index contributed by atoms with van der Waals surface area (Å²) in [6.45, 7) is 11.1. The predicted octanol–water partition coefficient (Wildman–Crippen LogP) is 5.81. The van der Waals surface area contributed by atoms with Crippen LogP contribution in [0.1, 0.15) is 61.5 Å². The van der Waals surface area contributed by atoms with Crippen LogP contribution in [0.4, 0.5) is 0 Å². The summed E-state index contributed by atoms with van der Waals surface area (Å²) in [5, 5.41) is 4.28. The number of aryl methyl sites for hydroxylation is 3. The second-order valence-electron chi connectivity index (χ2n) is 8.27. The Balaban J connectivity index is 1.75. The molecule has 0 unspecified atom stereocenters. The molecule has 0 saturated carbocycles. The maximum absolute atomic E-state index is 5.72. The first-order valence-corrected chi connectivity index (χ1v) is 10.7. The zero-order chi connectivity index (χ0) is 19.2. The van der Waals surface area contributed by atoms with Gasteiger partial charge in [-0.2, -0.15) is 4.98 Å². The smallest absolute Gasteiger partial charge is 0.268 e. The van der Waals surface area contributed by atoms with Crippen LogP contribution in [-0.4, -0.2) is 15.1 Å². The van der Waals surface area contributed by atoms with Gasteiger partial charge in [-0.05, 0) is 67.7 Å². The molecule has 3 aromatic rings. The third-order valence-corrected chi connectivity index (χ3v) is 6.88. The van der Waals surface area contributed by atoms with Crippen molar-refractivity contribution >= 4 is 11.3 Å². The summed E-state index contributed by atoms with van der Waals surface area (Å²) >= 11 is 1.84. The average Bonchev–Trinajstić information content (AvgIpc) is 3.24. The third kappa shape index (κ3) is 3.45. The van der Waals surface area contributed by atoms with Crippen molar-refractivity contribution in [3.8, 4) is 22.2 Å². The first kappa shape index (κ1) is 18.4. The van der Waals surface area contributed by atoms with Crippen molar-refractivity contribution in [3.63, 3.8) is 0 Å². The fraction of sp³-hybridized carbons (Fsp3) is 0.500. The Labute approximate surface area is 165 Å². The lowest BCUT2D eigenvalue weighted by atomic mass is 9.74. The second kappa shape index (κ2) is 6.86. The van der Waals surface area contributed by atoms with E-state index in [4.69, 9.17) is 9.51 Å². The van der Waals surface area contributed by atoms with Crippen molar-refractivity contribution in [2.75, 3.05) is 0 Å². The van der Waals surface area contributed by atoms with E-state index in [-0.39, 0.29) is 0 Å². The zero-order valence-electron chi connectivity index (χ0n) is 16.8. The highest BCUT2D eigenvalue weighted by Crippen LogP contribution is 2.45. The Kier molecular flexibility index (Phi) is 4.66. The Hall–Kier alpha value is -2.01. The van der Waals surface area contributed by atoms with Gasteiger partial charge >= 0.3 is 0 Å². The quantitative estimate of drug-likeness (QED) is 0.572. The van der Waals surface area contributed by atoms with Gasteiger partial charge in [0.1, 0.15) is 0 Å². The van der Waals surface area contributed by atoms with E-state index in [2.05, 4.69) is 43.9 Å². The molecular weight excluding hydrogens is 354 g/mol. The van der Waals surface area contributed by atoms with Crippen LogP contribution in [0.5, 0.6) is 0 Å². The van der Waals surface area contributed by atoms with Crippen LogP contribution in [-0.2, 0) is 25.7 Å². The minimum Gasteiger partial charge on any atom is -0.333 e. The Bertz CT molecular complexity index is 984. The number of thiophene rings is 1. The molecule has 1 aliphatic rings. The molecule has 0 radical (unpaired) electrons. The third-order valence-electron chi connectivity index (χ3n) is 5.48. The number of fused-ring (bicyclic) bond motifs is 1. The molecule has 0 atom stereocenters. The molecule has 1 aliphatic carbocycles. The molecule has 0 fully saturated rings. The van der Waals surface area contributed by atoms with E-state index < -0.39 is 0 Å². The Morgan fingerprint density at radius 1 is 1.11 bits per heavy atom. The van der Waals surface area contributed by atoms with Crippen molar-refractivity contribution in [2.24, 2.45) is 5.41 Å². The lowest BCUT2D eigenvalue weighted by molar-refractivity contribution is 0.315. The van der Waals surface area contributed by atoms with Crippen molar-refractivity contribution in [2.45, 2.75) is 66.7 Å². The molecule has 0 spiro atoms. The Morgan fingerprint density at radius 3 is 2.67 bits per heavy atom. The highest BCUT2D eigenvalue weighted by Gasteiger charge is 2.32. The normalized spacial score (nSPS) is 15.7. The van der Waals surface area contributed by atoms with Crippen molar-refractivity contribution in [1.29, 1.82) is 0 Å². The minimum atomic E-state index is 0.375. The molecule has 0 aromatic carbocycles. The number of hydrogen-bond donors (Lipinski definition) is 0. The summed E-state index contributed by atoms with van der Waals surface area (Å²) < 4.78 is 5.72. The SMILES string of the molecule is CCc1cc(-c2noc(-c3sc(CC)c4c3CCC(C)(C)C4)n2)cc(C)n1. The molecule has 3 aromatic heterocycles. The van der Waals surface area contributed by atoms with E-state index in [1.807, 2.05) is 24.3 Å². The molecule has 142 valence electrons. The van der Waals surface area contributed by atoms with Gasteiger partial charge in [0.2, 0.25) is 5.82 Å². The monoisotopic (exact) mass is 381 g/mol. The molecule has 0 N–H and O–H groups in total. The fourth-order valence-electron chi connectivity index (χ4n) is 3.99. The highest BCUT2D eigenvalue weighted by molar-refractivity contribution is 7.15. The maximum atomic E-state index is 5.72. The number of nitrogens with zero attached hydrogens (tertiary/aromatic N) is 3. The number of hydrogen-bond acceptors (Lipinski definition) is 5. The van der Waals surface area contributed by atoms with Gasteiger partial charge in [-0.3, -0.25) is 4.98 Å². The molecule has 0 bridgehead atoms. The van der Waals surface area contributed by atoms with Crippen molar-refractivity contribution < 1.29 is 4.52 Å². The summed E-state index contributed by atoms with van der Waals surface area (Å²) in [6.07, 6.45) is 5.41. The van der Waals surface area contributed by atoms with Crippen LogP contribution in [0.3, 0.4) is 0 Å². The predicted molar refractivity (Wildman–Crippen MR) is 110 cm³/mol. The second-order valence-corrected chi connectivity index (χ2v) is 9.38. The van der Waals surface area contributed by atoms with E-state index in [0.29, 0.717) is 17.1 Å². The summed E-state index contributed by atoms with van der Waals surface area (Å²) in [6, 6.07) is 4.09. The van der Waals surface area contributed by atoms with E-state index in [0.717, 1.165) is 42.6 Å². The van der Waals surface area contributed by atoms with Crippen LogP contribution >= 0.6 is 11.3 Å². The lowest BCUT2D eigenvalue weighted by Gasteiger charge is -2.30. The number of rotatable bonds is 4. The van der Waals surface area contributed by atoms with Gasteiger partial charge in [-0.15, -0.1) is 11.3 Å². The summed E-state index contributed by atoms with van der Waals surface area (Å²) in [4.78, 5) is 12.0. The molecule has 4 nitrogen and oxygen atoms in total. The summed E-state index contributed by atoms with van der Waals surface area (Å²) in [5.74, 6) is 1.32. The van der Waals surface area contributed by atoms with E-state index in [1.165, 1.54) is 27.3 Å². The van der Waals surface area contributed by atoms with Gasteiger partial charge in [0.05, 0.1) is 4.88 Å². The molecule has 3 heterocycles. The molecule has 27 heavy (non-hydrogen) atoms. The Morgan fingerprint density at radius 2 is 1.93 bits per heavy atom. The van der Waals surface area contributed by atoms with Gasteiger partial charge in [-0.1, -0.05) is 32.9 Å². The highest BCUT2D eigenvalue weighted by atomic mass is 32.1. The first-order chi connectivity index (χ1) is 12.9. The van der Waals surface area contributed by atoms with Gasteiger partial charge in [0.25, 0.3) is 5.89 Å². The van der Waals surface area contributed by atoms with E-state index >= 15 is 0 Å². The average molecular weight is 382 g/mol. The molecule has 0 amide bonds. The van der Waals surface area contributed by atoms with Crippen molar-refractivity contribution in [1.82, 2.24) is 15.1 Å². The van der Waals surface area contributed by atoms with Gasteiger partial charge < -0.3 is 4.52 Å². The van der Waals surface area contributed by atoms with Gasteiger partial charge in [0, 0.05) is 21.8 Å². The molecule has 0 aliphatic heterocycles. The number of aromatic nitrogens is 3. The lowest BCUT2D eigenvalue weighted by Crippen LogP contribution is -2.22. The summed E-state index contributed by atoms with van der Waals surface area (Å²) in [7, 11) is 0. The van der Waals surface area contributed by atoms with Crippen LogP contribution in [0.15, 0.2) is 16.7 Å². The van der Waals surface area contributed by atoms with Crippen LogP contribution < -0.4 is 0 Å². The van der Waals surface area contributed by atoms with E-state index in [1.54, 1.807) is 0 Å². The van der Waals surface area contributed by atoms with Gasteiger partial charge in [-0.25, -0.2) is 0 Å². The largest absolute Gasteiger partial charge is 0.333 e. The van der Waals surface area contributed by atoms with Crippen molar-refractivity contribution in [3.05, 3.63) is 39.5 Å². The summed E-state index contributed by atoms with van der Waals surface area (Å²) in [5.41, 5.74) is 6.37. The van der Waals surface area contributed by atoms with Gasteiger partial charge in [0.15, 0.2) is 0 Å². The number of pyridine rings is 1. The van der Waals surface area contributed by atoms with Crippen LogP contribution in [0.25, 0.3) is 22.2 Å². The molecule has 0 saturated heterocycles. The van der Waals surface area contributed by atoms with Crippen LogP contribution in [0.2, 0.25) is 0 Å². The fourth-order valence-corrected chi connectivity index (χ4v) is 5.22. The van der Waals surface area contributed by atoms with E-state index in [9.17, 15) is 0 Å². The molecule has 5 heteroatoms. The topological polar surface area (TPSA) is 51.8 Å². The molecular formula is C22H27N3OS. The minimum absolute atomic E-state index is 0.375. The standard InChI is InChI=1S/C22H27N3OS/c1-6-15-11-14(10-13(3)23-15)20-24-21(26-25-20)19-16-8-9-22(4,5)12-17(16)18(7-2)27-19/h10-11H,6-9,12H2,1-5H3. The van der Waals surface area contributed by atoms with Crippen LogP contribution in [0, 0.1) is 12.3 Å². The first-order valence-electron chi connectivity index (χ1n) is 9.85. The zero-order valence-corrected chi connectivity index (χ0v) is 17.7. The molecule has 4 rings (SSSR count).